The van der Waals surface area contributed by atoms with E-state index in [0.29, 0.717) is 0 Å². The summed E-state index contributed by atoms with van der Waals surface area (Å²) in [5.41, 5.74) is 10.0. The Morgan fingerprint density at radius 3 is 2.00 bits per heavy atom. The monoisotopic (exact) mass is 373 g/mol. The molecule has 0 amide bonds. The second-order valence-corrected chi connectivity index (χ2v) is 7.76. The second kappa shape index (κ2) is 6.76. The molecule has 0 saturated carbocycles. The van der Waals surface area contributed by atoms with Crippen molar-refractivity contribution < 1.29 is 21.7 Å². The predicted molar refractivity (Wildman–Crippen MR) is 110 cm³/mol. The van der Waals surface area contributed by atoms with Crippen LogP contribution in [0.3, 0.4) is 0 Å². The van der Waals surface area contributed by atoms with E-state index in [9.17, 15) is 0 Å². The molecular weight excluding hydrogens is 348 g/mol. The van der Waals surface area contributed by atoms with Crippen LogP contribution >= 0.6 is 0 Å². The van der Waals surface area contributed by atoms with Gasteiger partial charge in [0.1, 0.15) is 0 Å². The van der Waals surface area contributed by atoms with Crippen LogP contribution in [0, 0.1) is 5.41 Å². The van der Waals surface area contributed by atoms with Crippen LogP contribution in [0.1, 0.15) is 40.2 Å². The second-order valence-electron chi connectivity index (χ2n) is 7.76. The van der Waals surface area contributed by atoms with E-state index in [2.05, 4.69) is 95.3 Å². The molecule has 0 heterocycles. The number of rotatable bonds is 2. The van der Waals surface area contributed by atoms with Gasteiger partial charge in [0.15, 0.2) is 0 Å². The Balaban J connectivity index is 0.00000196. The van der Waals surface area contributed by atoms with Gasteiger partial charge in [-0.15, -0.1) is 34.0 Å². The van der Waals surface area contributed by atoms with Gasteiger partial charge in [0.05, 0.1) is 0 Å². The maximum absolute atomic E-state index is 2.37. The summed E-state index contributed by atoms with van der Waals surface area (Å²) in [6, 6.07) is 22.0. The molecule has 0 atom stereocenters. The predicted octanol–water partition coefficient (Wildman–Crippen LogP) is 7.37. The molecule has 0 fully saturated rings. The van der Waals surface area contributed by atoms with Crippen LogP contribution in [0.25, 0.3) is 27.5 Å². The van der Waals surface area contributed by atoms with Crippen LogP contribution in [0.2, 0.25) is 0 Å². The molecule has 1 aliphatic carbocycles. The Morgan fingerprint density at radius 1 is 0.769 bits per heavy atom. The fourth-order valence-corrected chi connectivity index (χ4v) is 4.43. The molecular formula is C25H25Ti-. The van der Waals surface area contributed by atoms with Crippen LogP contribution in [0.15, 0.2) is 77.4 Å². The molecule has 0 N–H and O–H groups in total. The third-order valence-electron chi connectivity index (χ3n) is 6.20. The molecule has 3 aromatic carbocycles. The fraction of sp³-hybridized carbons (Fsp3) is 0.240. The molecule has 0 aromatic heterocycles. The zero-order valence-corrected chi connectivity index (χ0v) is 17.8. The summed E-state index contributed by atoms with van der Waals surface area (Å²) < 4.78 is 0. The van der Waals surface area contributed by atoms with E-state index in [-0.39, 0.29) is 27.1 Å². The standard InChI is InChI=1S/C25H25.Ti/c1-16-17(2)24(25(4,5)18(16)3)23-21-14-10-9-13-20(21)15-22(23)19-11-7-6-8-12-19;/h6-15H,1-5H3;/q-1;. The summed E-state index contributed by atoms with van der Waals surface area (Å²) in [4.78, 5) is 0. The molecule has 0 bridgehead atoms. The molecule has 0 nitrogen and oxygen atoms in total. The van der Waals surface area contributed by atoms with Crippen molar-refractivity contribution in [3.63, 3.8) is 0 Å². The molecule has 0 saturated heterocycles. The number of benzene rings is 2. The Hall–Kier alpha value is -1.76. The summed E-state index contributed by atoms with van der Waals surface area (Å²) >= 11 is 0. The van der Waals surface area contributed by atoms with Gasteiger partial charge in [0.25, 0.3) is 0 Å². The molecule has 26 heavy (non-hydrogen) atoms. The van der Waals surface area contributed by atoms with E-state index in [1.165, 1.54) is 49.8 Å². The van der Waals surface area contributed by atoms with E-state index in [1.54, 1.807) is 0 Å². The molecule has 0 radical (unpaired) electrons. The van der Waals surface area contributed by atoms with Gasteiger partial charge in [-0.1, -0.05) is 84.7 Å². The van der Waals surface area contributed by atoms with Crippen molar-refractivity contribution >= 4 is 16.3 Å². The van der Waals surface area contributed by atoms with Crippen molar-refractivity contribution in [2.45, 2.75) is 34.6 Å². The zero-order valence-electron chi connectivity index (χ0n) is 16.3. The third kappa shape index (κ3) is 2.68. The molecule has 1 heteroatoms. The quantitative estimate of drug-likeness (QED) is 0.325. The molecule has 0 aliphatic heterocycles. The van der Waals surface area contributed by atoms with E-state index in [4.69, 9.17) is 0 Å². The summed E-state index contributed by atoms with van der Waals surface area (Å²) in [6.45, 7) is 11.6. The fourth-order valence-electron chi connectivity index (χ4n) is 4.43. The minimum Gasteiger partial charge on any atom is -0.126 e. The van der Waals surface area contributed by atoms with Crippen molar-refractivity contribution in [2.75, 3.05) is 0 Å². The van der Waals surface area contributed by atoms with Gasteiger partial charge in [-0.2, -0.15) is 0 Å². The SMILES string of the molecule is CC1=C(C)C(C)(C)C(c2c(-c3ccccc3)[cH-]c3ccccc23)=C1C.[Ti]. The van der Waals surface area contributed by atoms with Crippen LogP contribution < -0.4 is 0 Å². The molecule has 1 aliphatic rings. The molecule has 0 spiro atoms. The van der Waals surface area contributed by atoms with Crippen molar-refractivity contribution in [1.82, 2.24) is 0 Å². The Kier molecular flexibility index (Phi) is 4.95. The maximum Gasteiger partial charge on any atom is 0.00415 e. The summed E-state index contributed by atoms with van der Waals surface area (Å²) in [5.74, 6) is 0. The van der Waals surface area contributed by atoms with Gasteiger partial charge < -0.3 is 0 Å². The Morgan fingerprint density at radius 2 is 1.38 bits per heavy atom. The van der Waals surface area contributed by atoms with Crippen molar-refractivity contribution in [2.24, 2.45) is 5.41 Å². The van der Waals surface area contributed by atoms with E-state index < -0.39 is 0 Å². The normalized spacial score (nSPS) is 16.3. The summed E-state index contributed by atoms with van der Waals surface area (Å²) in [7, 11) is 0. The van der Waals surface area contributed by atoms with Gasteiger partial charge in [-0.25, -0.2) is 0 Å². The largest absolute Gasteiger partial charge is 0.126 e. The molecule has 3 aromatic rings. The molecule has 130 valence electrons. The van der Waals surface area contributed by atoms with Crippen LogP contribution in [0.5, 0.6) is 0 Å². The first-order chi connectivity index (χ1) is 11.9. The van der Waals surface area contributed by atoms with E-state index in [0.717, 1.165) is 0 Å². The first kappa shape index (κ1) is 19.0. The Bertz CT molecular complexity index is 1030. The zero-order chi connectivity index (χ0) is 17.8. The van der Waals surface area contributed by atoms with Gasteiger partial charge in [0, 0.05) is 27.1 Å². The first-order valence-electron chi connectivity index (χ1n) is 9.07. The Labute approximate surface area is 171 Å². The first-order valence-corrected chi connectivity index (χ1v) is 9.07. The number of allylic oxidation sites excluding steroid dienone is 4. The number of hydrogen-bond acceptors (Lipinski definition) is 0. The number of fused-ring (bicyclic) bond motifs is 1. The average molecular weight is 373 g/mol. The topological polar surface area (TPSA) is 0 Å². The number of hydrogen-bond donors (Lipinski definition) is 0. The van der Waals surface area contributed by atoms with Crippen LogP contribution in [-0.2, 0) is 21.7 Å². The minimum absolute atomic E-state index is 0. The van der Waals surface area contributed by atoms with E-state index in [1.807, 2.05) is 0 Å². The minimum atomic E-state index is 0. The van der Waals surface area contributed by atoms with Crippen LogP contribution in [0.4, 0.5) is 0 Å². The van der Waals surface area contributed by atoms with Crippen molar-refractivity contribution in [3.8, 4) is 11.1 Å². The van der Waals surface area contributed by atoms with E-state index >= 15 is 0 Å². The van der Waals surface area contributed by atoms with Gasteiger partial charge >= 0.3 is 0 Å². The molecule has 0 unspecified atom stereocenters. The smallest absolute Gasteiger partial charge is 0.00415 e. The van der Waals surface area contributed by atoms with Crippen LogP contribution in [-0.4, -0.2) is 0 Å². The summed E-state index contributed by atoms with van der Waals surface area (Å²) in [6.07, 6.45) is 0. The molecule has 4 rings (SSSR count). The third-order valence-corrected chi connectivity index (χ3v) is 6.20. The van der Waals surface area contributed by atoms with Gasteiger partial charge in [0.2, 0.25) is 0 Å². The van der Waals surface area contributed by atoms with Crippen molar-refractivity contribution in [1.29, 1.82) is 0 Å². The maximum atomic E-state index is 2.37. The van der Waals surface area contributed by atoms with Gasteiger partial charge in [-0.05, 0) is 26.3 Å². The van der Waals surface area contributed by atoms with Gasteiger partial charge in [-0.3, -0.25) is 0 Å². The average Bonchev–Trinajstić information content (AvgIpc) is 3.06. The van der Waals surface area contributed by atoms with Crippen molar-refractivity contribution in [3.05, 3.63) is 82.9 Å². The summed E-state index contributed by atoms with van der Waals surface area (Å²) in [5, 5.41) is 2.70.